The molecule has 0 amide bonds. The number of halogens is 1. The van der Waals surface area contributed by atoms with E-state index in [2.05, 4.69) is 34.2 Å². The summed E-state index contributed by atoms with van der Waals surface area (Å²) in [6.07, 6.45) is 2.48. The van der Waals surface area contributed by atoms with Crippen LogP contribution < -0.4 is 5.32 Å². The van der Waals surface area contributed by atoms with Gasteiger partial charge in [-0.15, -0.1) is 0 Å². The summed E-state index contributed by atoms with van der Waals surface area (Å²) in [6.45, 7) is 5.67. The molecule has 0 unspecified atom stereocenters. The van der Waals surface area contributed by atoms with E-state index >= 15 is 0 Å². The van der Waals surface area contributed by atoms with Gasteiger partial charge in [-0.25, -0.2) is 0 Å². The van der Waals surface area contributed by atoms with E-state index in [1.165, 1.54) is 18.4 Å². The fourth-order valence-corrected chi connectivity index (χ4v) is 1.77. The Morgan fingerprint density at radius 2 is 2.06 bits per heavy atom. The van der Waals surface area contributed by atoms with Crippen LogP contribution in [0.3, 0.4) is 0 Å². The normalized spacial score (nSPS) is 10.6. The molecular formula is C13H20BrNO. The number of ether oxygens (including phenoxy) is 1. The minimum absolute atomic E-state index is 0.677. The van der Waals surface area contributed by atoms with E-state index in [4.69, 9.17) is 4.74 Å². The van der Waals surface area contributed by atoms with Gasteiger partial charge >= 0.3 is 0 Å². The third-order valence-corrected chi connectivity index (χ3v) is 3.12. The molecule has 0 heterocycles. The Morgan fingerprint density at radius 3 is 2.81 bits per heavy atom. The lowest BCUT2D eigenvalue weighted by molar-refractivity contribution is 0.122. The van der Waals surface area contributed by atoms with Crippen LogP contribution in [-0.4, -0.2) is 19.7 Å². The third kappa shape index (κ3) is 5.64. The van der Waals surface area contributed by atoms with Crippen molar-refractivity contribution >= 4 is 15.9 Å². The fraction of sp³-hybridized carbons (Fsp3) is 0.538. The summed E-state index contributed by atoms with van der Waals surface area (Å²) in [5.74, 6) is 0. The van der Waals surface area contributed by atoms with Crippen molar-refractivity contribution in [1.82, 2.24) is 5.32 Å². The molecule has 2 nitrogen and oxygen atoms in total. The molecule has 0 aliphatic rings. The Bertz CT molecular complexity index is 291. The minimum Gasteiger partial charge on any atom is -0.375 e. The summed E-state index contributed by atoms with van der Waals surface area (Å²) in [7, 11) is 0. The first-order valence-corrected chi connectivity index (χ1v) is 6.65. The van der Waals surface area contributed by atoms with Crippen molar-refractivity contribution in [3.8, 4) is 0 Å². The van der Waals surface area contributed by atoms with E-state index in [0.717, 1.165) is 24.2 Å². The Labute approximate surface area is 107 Å². The lowest BCUT2D eigenvalue weighted by atomic mass is 10.2. The Kier molecular flexibility index (Phi) is 7.47. The monoisotopic (exact) mass is 285 g/mol. The van der Waals surface area contributed by atoms with Gasteiger partial charge in [0.1, 0.15) is 0 Å². The van der Waals surface area contributed by atoms with Crippen LogP contribution in [0.5, 0.6) is 0 Å². The van der Waals surface area contributed by atoms with Crippen molar-refractivity contribution in [2.45, 2.75) is 26.4 Å². The zero-order chi connectivity index (χ0) is 11.6. The molecule has 90 valence electrons. The van der Waals surface area contributed by atoms with Gasteiger partial charge in [0, 0.05) is 11.0 Å². The number of hydrogen-bond acceptors (Lipinski definition) is 2. The minimum atomic E-state index is 0.677. The maximum Gasteiger partial charge on any atom is 0.0728 e. The third-order valence-electron chi connectivity index (χ3n) is 2.35. The lowest BCUT2D eigenvalue weighted by Crippen LogP contribution is -2.20. The predicted molar refractivity (Wildman–Crippen MR) is 71.6 cm³/mol. The van der Waals surface area contributed by atoms with E-state index in [0.29, 0.717) is 6.61 Å². The highest BCUT2D eigenvalue weighted by Gasteiger charge is 1.97. The zero-order valence-electron chi connectivity index (χ0n) is 9.84. The van der Waals surface area contributed by atoms with Crippen molar-refractivity contribution < 1.29 is 4.74 Å². The highest BCUT2D eigenvalue weighted by Crippen LogP contribution is 2.16. The molecule has 0 bridgehead atoms. The summed E-state index contributed by atoms with van der Waals surface area (Å²) in [6, 6.07) is 8.16. The molecule has 0 saturated heterocycles. The van der Waals surface area contributed by atoms with Crippen LogP contribution >= 0.6 is 15.9 Å². The van der Waals surface area contributed by atoms with Gasteiger partial charge in [-0.1, -0.05) is 47.5 Å². The van der Waals surface area contributed by atoms with Gasteiger partial charge in [0.25, 0.3) is 0 Å². The topological polar surface area (TPSA) is 21.3 Å². The molecule has 1 aromatic rings. The molecule has 0 saturated carbocycles. The molecule has 0 fully saturated rings. The molecule has 0 spiro atoms. The average Bonchev–Trinajstić information content (AvgIpc) is 2.30. The highest BCUT2D eigenvalue weighted by atomic mass is 79.9. The first kappa shape index (κ1) is 13.7. The number of rotatable bonds is 8. The van der Waals surface area contributed by atoms with Gasteiger partial charge < -0.3 is 10.1 Å². The smallest absolute Gasteiger partial charge is 0.0728 e. The quantitative estimate of drug-likeness (QED) is 0.740. The van der Waals surface area contributed by atoms with Crippen molar-refractivity contribution in [2.75, 3.05) is 19.7 Å². The number of hydrogen-bond donors (Lipinski definition) is 1. The SMILES string of the molecule is CCCCNCCOCc1ccccc1Br. The second-order valence-electron chi connectivity index (χ2n) is 3.75. The molecule has 1 aromatic carbocycles. The maximum absolute atomic E-state index is 5.59. The largest absolute Gasteiger partial charge is 0.375 e. The summed E-state index contributed by atoms with van der Waals surface area (Å²) in [4.78, 5) is 0. The average molecular weight is 286 g/mol. The molecule has 1 rings (SSSR count). The fourth-order valence-electron chi connectivity index (χ4n) is 1.37. The van der Waals surface area contributed by atoms with Gasteiger partial charge in [0.05, 0.1) is 13.2 Å². The van der Waals surface area contributed by atoms with Gasteiger partial charge in [-0.3, -0.25) is 0 Å². The molecule has 3 heteroatoms. The van der Waals surface area contributed by atoms with Crippen molar-refractivity contribution in [1.29, 1.82) is 0 Å². The van der Waals surface area contributed by atoms with E-state index in [-0.39, 0.29) is 0 Å². The van der Waals surface area contributed by atoms with E-state index in [1.807, 2.05) is 18.2 Å². The van der Waals surface area contributed by atoms with Crippen LogP contribution in [0.15, 0.2) is 28.7 Å². The summed E-state index contributed by atoms with van der Waals surface area (Å²) in [5.41, 5.74) is 1.20. The van der Waals surface area contributed by atoms with Crippen LogP contribution in [-0.2, 0) is 11.3 Å². The zero-order valence-corrected chi connectivity index (χ0v) is 11.4. The molecule has 0 aromatic heterocycles. The summed E-state index contributed by atoms with van der Waals surface area (Å²) >= 11 is 3.50. The van der Waals surface area contributed by atoms with Crippen LogP contribution in [0, 0.1) is 0 Å². The number of unbranched alkanes of at least 4 members (excludes halogenated alkanes) is 1. The Hall–Kier alpha value is -0.380. The van der Waals surface area contributed by atoms with Crippen LogP contribution in [0.1, 0.15) is 25.3 Å². The molecule has 0 aliphatic carbocycles. The molecule has 0 aliphatic heterocycles. The first-order valence-electron chi connectivity index (χ1n) is 5.86. The Balaban J connectivity index is 2.05. The first-order chi connectivity index (χ1) is 7.84. The van der Waals surface area contributed by atoms with E-state index < -0.39 is 0 Å². The predicted octanol–water partition coefficient (Wildman–Crippen LogP) is 3.36. The Morgan fingerprint density at radius 1 is 1.25 bits per heavy atom. The summed E-state index contributed by atoms with van der Waals surface area (Å²) in [5, 5.41) is 3.35. The number of benzene rings is 1. The second-order valence-corrected chi connectivity index (χ2v) is 4.60. The summed E-state index contributed by atoms with van der Waals surface area (Å²) < 4.78 is 6.71. The molecule has 0 radical (unpaired) electrons. The van der Waals surface area contributed by atoms with Crippen molar-refractivity contribution in [3.63, 3.8) is 0 Å². The van der Waals surface area contributed by atoms with Gasteiger partial charge in [-0.05, 0) is 24.6 Å². The standard InChI is InChI=1S/C13H20BrNO/c1-2-3-8-15-9-10-16-11-12-6-4-5-7-13(12)14/h4-7,15H,2-3,8-11H2,1H3. The molecule has 16 heavy (non-hydrogen) atoms. The van der Waals surface area contributed by atoms with Crippen LogP contribution in [0.2, 0.25) is 0 Å². The van der Waals surface area contributed by atoms with Crippen molar-refractivity contribution in [3.05, 3.63) is 34.3 Å². The van der Waals surface area contributed by atoms with Gasteiger partial charge in [0.2, 0.25) is 0 Å². The molecular weight excluding hydrogens is 266 g/mol. The van der Waals surface area contributed by atoms with Crippen LogP contribution in [0.4, 0.5) is 0 Å². The lowest BCUT2D eigenvalue weighted by Gasteiger charge is -2.07. The second kappa shape index (κ2) is 8.74. The van der Waals surface area contributed by atoms with Crippen molar-refractivity contribution in [2.24, 2.45) is 0 Å². The highest BCUT2D eigenvalue weighted by molar-refractivity contribution is 9.10. The van der Waals surface area contributed by atoms with Gasteiger partial charge in [-0.2, -0.15) is 0 Å². The van der Waals surface area contributed by atoms with E-state index in [9.17, 15) is 0 Å². The van der Waals surface area contributed by atoms with Crippen LogP contribution in [0.25, 0.3) is 0 Å². The molecule has 0 atom stereocenters. The number of nitrogens with one attached hydrogen (secondary N) is 1. The van der Waals surface area contributed by atoms with Gasteiger partial charge in [0.15, 0.2) is 0 Å². The molecule has 1 N–H and O–H groups in total. The maximum atomic E-state index is 5.59. The van der Waals surface area contributed by atoms with E-state index in [1.54, 1.807) is 0 Å².